The maximum absolute atomic E-state index is 12.4. The number of nitriles is 1. The Morgan fingerprint density at radius 3 is 2.79 bits per heavy atom. The molecule has 0 spiro atoms. The molecule has 3 heterocycles. The van der Waals surface area contributed by atoms with Crippen molar-refractivity contribution < 1.29 is 14.6 Å². The van der Waals surface area contributed by atoms with Crippen LogP contribution in [0.15, 0.2) is 34.8 Å². The SMILES string of the molecule is Cc1sc2nc(CSC(C)C(=O)OCC(O)=C(C#N)c3nc4ccccc4[nH]3)[nH]c(=O)c2c1C. The number of aliphatic hydroxyl groups is 1. The molecule has 1 aromatic carbocycles. The quantitative estimate of drug-likeness (QED) is 0.197. The highest BCUT2D eigenvalue weighted by atomic mass is 32.2. The summed E-state index contributed by atoms with van der Waals surface area (Å²) in [4.78, 5) is 41.1. The molecule has 1 atom stereocenters. The number of thiophene rings is 1. The van der Waals surface area contributed by atoms with E-state index in [-0.39, 0.29) is 17.0 Å². The maximum Gasteiger partial charge on any atom is 0.319 e. The van der Waals surface area contributed by atoms with Crippen molar-refractivity contribution >= 4 is 55.9 Å². The van der Waals surface area contributed by atoms with Crippen LogP contribution in [0.4, 0.5) is 0 Å². The van der Waals surface area contributed by atoms with Crippen LogP contribution in [0.3, 0.4) is 0 Å². The second-order valence-corrected chi connectivity index (χ2v) is 10.1. The Hall–Kier alpha value is -3.62. The lowest BCUT2D eigenvalue weighted by molar-refractivity contribution is -0.142. The van der Waals surface area contributed by atoms with Gasteiger partial charge in [-0.2, -0.15) is 5.26 Å². The summed E-state index contributed by atoms with van der Waals surface area (Å²) >= 11 is 2.71. The Kier molecular flexibility index (Phi) is 6.72. The number of aromatic nitrogens is 4. The van der Waals surface area contributed by atoms with Crippen molar-refractivity contribution in [1.82, 2.24) is 19.9 Å². The molecule has 0 radical (unpaired) electrons. The molecule has 4 aromatic rings. The molecule has 3 N–H and O–H groups in total. The molecule has 0 aliphatic heterocycles. The number of hydrogen-bond acceptors (Lipinski definition) is 9. The average molecular weight is 496 g/mol. The van der Waals surface area contributed by atoms with E-state index in [2.05, 4.69) is 19.9 Å². The minimum atomic E-state index is -0.586. The van der Waals surface area contributed by atoms with Gasteiger partial charge in [-0.1, -0.05) is 12.1 Å². The minimum absolute atomic E-state index is 0.0964. The first-order valence-electron chi connectivity index (χ1n) is 10.3. The Balaban J connectivity index is 1.39. The first kappa shape index (κ1) is 23.5. The fourth-order valence-electron chi connectivity index (χ4n) is 3.29. The molecule has 3 aromatic heterocycles. The summed E-state index contributed by atoms with van der Waals surface area (Å²) in [5.41, 5.74) is 2.01. The van der Waals surface area contributed by atoms with E-state index >= 15 is 0 Å². The van der Waals surface area contributed by atoms with Gasteiger partial charge < -0.3 is 19.8 Å². The molecule has 174 valence electrons. The van der Waals surface area contributed by atoms with Crippen LogP contribution in [0, 0.1) is 25.2 Å². The molecule has 0 saturated heterocycles. The van der Waals surface area contributed by atoms with Gasteiger partial charge in [0.2, 0.25) is 0 Å². The number of nitrogens with one attached hydrogen (secondary N) is 2. The fourth-order valence-corrected chi connectivity index (χ4v) is 5.09. The number of carbonyl (C=O) groups excluding carboxylic acids is 1. The topological polar surface area (TPSA) is 145 Å². The monoisotopic (exact) mass is 495 g/mol. The van der Waals surface area contributed by atoms with E-state index in [0.29, 0.717) is 27.3 Å². The van der Waals surface area contributed by atoms with Gasteiger partial charge in [-0.3, -0.25) is 9.59 Å². The summed E-state index contributed by atoms with van der Waals surface area (Å²) in [6.07, 6.45) is 0. The lowest BCUT2D eigenvalue weighted by Crippen LogP contribution is -2.19. The number of hydrogen-bond donors (Lipinski definition) is 3. The summed E-state index contributed by atoms with van der Waals surface area (Å²) in [6.45, 7) is 5.05. The van der Waals surface area contributed by atoms with Gasteiger partial charge >= 0.3 is 5.97 Å². The number of aryl methyl sites for hydroxylation is 2. The molecule has 0 saturated carbocycles. The zero-order valence-corrected chi connectivity index (χ0v) is 20.3. The van der Waals surface area contributed by atoms with Gasteiger partial charge in [0.15, 0.2) is 11.6 Å². The second-order valence-electron chi connectivity index (χ2n) is 7.57. The molecule has 4 rings (SSSR count). The van der Waals surface area contributed by atoms with E-state index in [1.165, 1.54) is 23.1 Å². The van der Waals surface area contributed by atoms with Crippen molar-refractivity contribution in [3.63, 3.8) is 0 Å². The van der Waals surface area contributed by atoms with Crippen molar-refractivity contribution in [2.24, 2.45) is 0 Å². The van der Waals surface area contributed by atoms with Gasteiger partial charge in [-0.05, 0) is 38.5 Å². The highest BCUT2D eigenvalue weighted by molar-refractivity contribution is 7.99. The van der Waals surface area contributed by atoms with Crippen LogP contribution < -0.4 is 5.56 Å². The molecule has 34 heavy (non-hydrogen) atoms. The Labute approximate surface area is 202 Å². The second kappa shape index (κ2) is 9.70. The van der Waals surface area contributed by atoms with Crippen LogP contribution in [0.2, 0.25) is 0 Å². The van der Waals surface area contributed by atoms with Gasteiger partial charge in [0.05, 0.1) is 22.2 Å². The van der Waals surface area contributed by atoms with Gasteiger partial charge in [0, 0.05) is 4.88 Å². The third-order valence-corrected chi connectivity index (χ3v) is 7.50. The van der Waals surface area contributed by atoms with Crippen molar-refractivity contribution in [2.75, 3.05) is 6.61 Å². The van der Waals surface area contributed by atoms with Crippen LogP contribution in [0.5, 0.6) is 0 Å². The fraction of sp³-hybridized carbons (Fsp3) is 0.261. The number of fused-ring (bicyclic) bond motifs is 2. The molecule has 0 fully saturated rings. The first-order chi connectivity index (χ1) is 16.3. The number of imidazole rings is 1. The molecule has 9 nitrogen and oxygen atoms in total. The predicted molar refractivity (Wildman–Crippen MR) is 133 cm³/mol. The number of H-pyrrole nitrogens is 2. The summed E-state index contributed by atoms with van der Waals surface area (Å²) in [7, 11) is 0. The van der Waals surface area contributed by atoms with Crippen LogP contribution >= 0.6 is 23.1 Å². The van der Waals surface area contributed by atoms with Crippen LogP contribution in [-0.2, 0) is 15.3 Å². The maximum atomic E-state index is 12.4. The van der Waals surface area contributed by atoms with Crippen molar-refractivity contribution in [2.45, 2.75) is 31.8 Å². The largest absolute Gasteiger partial charge is 0.507 e. The number of aromatic amines is 2. The average Bonchev–Trinajstić information content (AvgIpc) is 3.36. The predicted octanol–water partition coefficient (Wildman–Crippen LogP) is 4.14. The summed E-state index contributed by atoms with van der Waals surface area (Å²) in [5.74, 6) is 0.0189. The van der Waals surface area contributed by atoms with E-state index in [1.807, 2.05) is 32.0 Å². The van der Waals surface area contributed by atoms with Crippen molar-refractivity contribution in [1.29, 1.82) is 5.26 Å². The molecule has 11 heteroatoms. The smallest absolute Gasteiger partial charge is 0.319 e. The van der Waals surface area contributed by atoms with E-state index in [9.17, 15) is 20.0 Å². The van der Waals surface area contributed by atoms with Gasteiger partial charge in [0.1, 0.15) is 34.2 Å². The molecular formula is C23H21N5O4S2. The number of carbonyl (C=O) groups is 1. The number of rotatable bonds is 7. The number of ether oxygens (including phenoxy) is 1. The number of esters is 1. The summed E-state index contributed by atoms with van der Waals surface area (Å²) in [6, 6.07) is 9.12. The normalized spacial score (nSPS) is 13.0. The number of thioether (sulfide) groups is 1. The van der Waals surface area contributed by atoms with Gasteiger partial charge in [-0.25, -0.2) is 9.97 Å². The van der Waals surface area contributed by atoms with Crippen LogP contribution in [0.25, 0.3) is 26.8 Å². The minimum Gasteiger partial charge on any atom is -0.507 e. The number of para-hydroxylation sites is 2. The molecule has 0 aliphatic carbocycles. The highest BCUT2D eigenvalue weighted by Gasteiger charge is 2.20. The highest BCUT2D eigenvalue weighted by Crippen LogP contribution is 2.27. The molecule has 0 bridgehead atoms. The summed E-state index contributed by atoms with van der Waals surface area (Å²) in [5, 5.41) is 19.8. The first-order valence-corrected chi connectivity index (χ1v) is 12.2. The zero-order chi connectivity index (χ0) is 24.4. The van der Waals surface area contributed by atoms with E-state index in [4.69, 9.17) is 4.74 Å². The van der Waals surface area contributed by atoms with Crippen LogP contribution in [0.1, 0.15) is 29.0 Å². The van der Waals surface area contributed by atoms with Crippen molar-refractivity contribution in [3.05, 3.63) is 62.5 Å². The third-order valence-electron chi connectivity index (χ3n) is 5.27. The van der Waals surface area contributed by atoms with Gasteiger partial charge in [0.25, 0.3) is 5.56 Å². The lowest BCUT2D eigenvalue weighted by atomic mass is 10.2. The third kappa shape index (κ3) is 4.69. The molecule has 1 unspecified atom stereocenters. The zero-order valence-electron chi connectivity index (χ0n) is 18.6. The Bertz CT molecular complexity index is 1490. The van der Waals surface area contributed by atoms with E-state index < -0.39 is 23.6 Å². The number of allylic oxidation sites excluding steroid dienone is 1. The van der Waals surface area contributed by atoms with Gasteiger partial charge in [-0.15, -0.1) is 23.1 Å². The molecular weight excluding hydrogens is 474 g/mol. The Morgan fingerprint density at radius 2 is 2.06 bits per heavy atom. The number of aliphatic hydroxyl groups excluding tert-OH is 1. The van der Waals surface area contributed by atoms with E-state index in [1.54, 1.807) is 19.1 Å². The standard InChI is InChI=1S/C23H21N5O4S2/c1-11-12(2)34-22-19(11)21(30)27-18(28-22)10-33-13(3)23(31)32-9-17(29)14(8-24)20-25-15-6-4-5-7-16(15)26-20/h4-7,13,29H,9-10H2,1-3H3,(H,25,26)(H,27,28,30). The summed E-state index contributed by atoms with van der Waals surface area (Å²) < 4.78 is 5.19. The van der Waals surface area contributed by atoms with Crippen LogP contribution in [-0.4, -0.2) is 42.9 Å². The number of nitrogens with zero attached hydrogens (tertiary/aromatic N) is 3. The van der Waals surface area contributed by atoms with Crippen molar-refractivity contribution in [3.8, 4) is 6.07 Å². The Morgan fingerprint density at radius 1 is 1.29 bits per heavy atom. The molecule has 0 aliphatic rings. The number of benzene rings is 1. The molecule has 0 amide bonds. The lowest BCUT2D eigenvalue weighted by Gasteiger charge is -2.11. The van der Waals surface area contributed by atoms with E-state index in [0.717, 1.165) is 16.0 Å².